The van der Waals surface area contributed by atoms with Crippen LogP contribution in [0.4, 0.5) is 0 Å². The summed E-state index contributed by atoms with van der Waals surface area (Å²) in [4.78, 5) is 15.5. The van der Waals surface area contributed by atoms with Crippen molar-refractivity contribution in [1.82, 2.24) is 15.0 Å². The molecule has 0 unspecified atom stereocenters. The molecule has 0 radical (unpaired) electrons. The molecular formula is C51H39N3O2. The lowest BCUT2D eigenvalue weighted by molar-refractivity contribution is 0.332. The summed E-state index contributed by atoms with van der Waals surface area (Å²) in [5, 5.41) is 6.40. The number of fused-ring (bicyclic) bond motifs is 8. The molecule has 270 valence electrons. The molecule has 5 nitrogen and oxygen atoms in total. The van der Waals surface area contributed by atoms with E-state index in [0.29, 0.717) is 17.5 Å². The Morgan fingerprint density at radius 2 is 0.964 bits per heavy atom. The maximum Gasteiger partial charge on any atom is 0.164 e. The first-order valence-electron chi connectivity index (χ1n) is 19.5. The predicted molar refractivity (Wildman–Crippen MR) is 229 cm³/mol. The standard InChI is InChI=1S/C51H39N3O2/c1-50(2)24-25-51(3,4)41-29-33(18-21-40(41)50)32-19-22-43-38(27-32)39-28-35(20-23-44(39)55-43)48-52-47(34-17-16-30-10-5-6-11-31(30)26-34)53-49(54-48)37-13-9-15-45-46(37)36-12-7-8-14-42(36)56-45/h5-23,26-29H,24-25H2,1-4H3. The van der Waals surface area contributed by atoms with Crippen molar-refractivity contribution in [2.75, 3.05) is 0 Å². The lowest BCUT2D eigenvalue weighted by Crippen LogP contribution is -2.33. The van der Waals surface area contributed by atoms with Gasteiger partial charge in [-0.1, -0.05) is 119 Å². The van der Waals surface area contributed by atoms with E-state index in [1.54, 1.807) is 0 Å². The topological polar surface area (TPSA) is 65.0 Å². The van der Waals surface area contributed by atoms with Gasteiger partial charge in [-0.3, -0.25) is 0 Å². The molecule has 0 saturated heterocycles. The van der Waals surface area contributed by atoms with Crippen molar-refractivity contribution in [2.45, 2.75) is 51.4 Å². The van der Waals surface area contributed by atoms with Gasteiger partial charge in [-0.25, -0.2) is 15.0 Å². The van der Waals surface area contributed by atoms with Crippen LogP contribution in [0.25, 0.3) is 99.9 Å². The third-order valence-electron chi connectivity index (χ3n) is 12.2. The number of nitrogens with zero attached hydrogens (tertiary/aromatic N) is 3. The van der Waals surface area contributed by atoms with E-state index in [-0.39, 0.29) is 10.8 Å². The lowest BCUT2D eigenvalue weighted by Gasteiger charge is -2.42. The first-order valence-corrected chi connectivity index (χ1v) is 19.5. The molecule has 11 rings (SSSR count). The fourth-order valence-electron chi connectivity index (χ4n) is 8.91. The van der Waals surface area contributed by atoms with Crippen LogP contribution in [0.3, 0.4) is 0 Å². The number of furan rings is 2. The van der Waals surface area contributed by atoms with Crippen LogP contribution in [-0.2, 0) is 10.8 Å². The van der Waals surface area contributed by atoms with Crippen LogP contribution < -0.4 is 0 Å². The Hall–Kier alpha value is -6.59. The van der Waals surface area contributed by atoms with E-state index < -0.39 is 0 Å². The molecule has 0 bridgehead atoms. The quantitative estimate of drug-likeness (QED) is 0.181. The minimum Gasteiger partial charge on any atom is -0.456 e. The zero-order valence-electron chi connectivity index (χ0n) is 31.9. The van der Waals surface area contributed by atoms with Gasteiger partial charge in [0.25, 0.3) is 0 Å². The van der Waals surface area contributed by atoms with Crippen molar-refractivity contribution in [3.05, 3.63) is 151 Å². The van der Waals surface area contributed by atoms with Crippen LogP contribution in [0.5, 0.6) is 0 Å². The summed E-state index contributed by atoms with van der Waals surface area (Å²) in [6.07, 6.45) is 2.38. The SMILES string of the molecule is CC1(C)CCC(C)(C)c2cc(-c3ccc4oc5ccc(-c6nc(-c7ccc8ccccc8c7)nc(-c7cccc8oc9ccccc9c78)n6)cc5c4c3)ccc21. The van der Waals surface area contributed by atoms with E-state index in [2.05, 4.69) is 131 Å². The number of rotatable bonds is 4. The summed E-state index contributed by atoms with van der Waals surface area (Å²) in [5.41, 5.74) is 11.6. The average molecular weight is 726 g/mol. The molecule has 5 heteroatoms. The molecule has 7 aromatic carbocycles. The van der Waals surface area contributed by atoms with Crippen LogP contribution >= 0.6 is 0 Å². The second kappa shape index (κ2) is 12.0. The van der Waals surface area contributed by atoms with Crippen LogP contribution in [0.15, 0.2) is 148 Å². The molecule has 56 heavy (non-hydrogen) atoms. The van der Waals surface area contributed by atoms with Gasteiger partial charge >= 0.3 is 0 Å². The Labute approximate surface area is 324 Å². The van der Waals surface area contributed by atoms with E-state index in [1.165, 1.54) is 40.5 Å². The lowest BCUT2D eigenvalue weighted by atomic mass is 9.63. The molecule has 1 aliphatic carbocycles. The third kappa shape index (κ3) is 5.18. The normalized spacial score (nSPS) is 14.9. The zero-order valence-corrected chi connectivity index (χ0v) is 31.9. The van der Waals surface area contributed by atoms with Crippen molar-refractivity contribution in [1.29, 1.82) is 0 Å². The van der Waals surface area contributed by atoms with E-state index in [1.807, 2.05) is 36.4 Å². The van der Waals surface area contributed by atoms with Crippen molar-refractivity contribution in [3.63, 3.8) is 0 Å². The van der Waals surface area contributed by atoms with Crippen LogP contribution in [0.1, 0.15) is 51.7 Å². The third-order valence-corrected chi connectivity index (χ3v) is 12.2. The van der Waals surface area contributed by atoms with E-state index in [0.717, 1.165) is 66.0 Å². The monoisotopic (exact) mass is 725 g/mol. The maximum absolute atomic E-state index is 6.43. The number of benzene rings is 7. The Morgan fingerprint density at radius 3 is 1.77 bits per heavy atom. The first-order chi connectivity index (χ1) is 27.2. The number of aromatic nitrogens is 3. The fraction of sp³-hybridized carbons (Fsp3) is 0.157. The molecule has 0 saturated carbocycles. The van der Waals surface area contributed by atoms with Gasteiger partial charge in [0.2, 0.25) is 0 Å². The fourth-order valence-corrected chi connectivity index (χ4v) is 8.91. The largest absolute Gasteiger partial charge is 0.456 e. The molecule has 0 spiro atoms. The highest BCUT2D eigenvalue weighted by Gasteiger charge is 2.37. The van der Waals surface area contributed by atoms with E-state index in [9.17, 15) is 0 Å². The van der Waals surface area contributed by atoms with Gasteiger partial charge in [0.1, 0.15) is 22.3 Å². The Kier molecular flexibility index (Phi) is 7.00. The average Bonchev–Trinajstić information content (AvgIpc) is 3.80. The summed E-state index contributed by atoms with van der Waals surface area (Å²) in [5.74, 6) is 1.79. The summed E-state index contributed by atoms with van der Waals surface area (Å²) in [7, 11) is 0. The first kappa shape index (κ1) is 32.8. The summed E-state index contributed by atoms with van der Waals surface area (Å²) < 4.78 is 12.7. The van der Waals surface area contributed by atoms with Crippen molar-refractivity contribution in [2.24, 2.45) is 0 Å². The molecular weight excluding hydrogens is 687 g/mol. The van der Waals surface area contributed by atoms with Crippen molar-refractivity contribution < 1.29 is 8.83 Å². The molecule has 1 aliphatic rings. The number of para-hydroxylation sites is 1. The van der Waals surface area contributed by atoms with Gasteiger partial charge in [-0.2, -0.15) is 0 Å². The molecule has 3 heterocycles. The van der Waals surface area contributed by atoms with Crippen LogP contribution in [0.2, 0.25) is 0 Å². The zero-order chi connectivity index (χ0) is 37.8. The van der Waals surface area contributed by atoms with Crippen molar-refractivity contribution in [3.8, 4) is 45.3 Å². The minimum atomic E-state index is 0.132. The Bertz CT molecular complexity index is 3220. The van der Waals surface area contributed by atoms with Gasteiger partial charge in [-0.15, -0.1) is 0 Å². The summed E-state index contributed by atoms with van der Waals surface area (Å²) in [6.45, 7) is 9.52. The van der Waals surface area contributed by atoms with Crippen molar-refractivity contribution >= 4 is 54.6 Å². The van der Waals surface area contributed by atoms with Crippen LogP contribution in [-0.4, -0.2) is 15.0 Å². The smallest absolute Gasteiger partial charge is 0.164 e. The molecule has 0 amide bonds. The highest BCUT2D eigenvalue weighted by Crippen LogP contribution is 2.47. The molecule has 0 atom stereocenters. The van der Waals surface area contributed by atoms with E-state index in [4.69, 9.17) is 23.8 Å². The highest BCUT2D eigenvalue weighted by molar-refractivity contribution is 6.12. The van der Waals surface area contributed by atoms with E-state index >= 15 is 0 Å². The van der Waals surface area contributed by atoms with Gasteiger partial charge < -0.3 is 8.83 Å². The molecule has 3 aromatic heterocycles. The summed E-state index contributed by atoms with van der Waals surface area (Å²) in [6, 6.07) is 48.9. The molecule has 0 aliphatic heterocycles. The van der Waals surface area contributed by atoms with Gasteiger partial charge in [0.05, 0.1) is 0 Å². The molecule has 10 aromatic rings. The second-order valence-corrected chi connectivity index (χ2v) is 16.7. The Balaban J connectivity index is 1.09. The van der Waals surface area contributed by atoms with Gasteiger partial charge in [-0.05, 0) is 105 Å². The number of hydrogen-bond acceptors (Lipinski definition) is 5. The number of hydrogen-bond donors (Lipinski definition) is 0. The highest BCUT2D eigenvalue weighted by atomic mass is 16.3. The van der Waals surface area contributed by atoms with Crippen LogP contribution in [0, 0.1) is 0 Å². The van der Waals surface area contributed by atoms with Gasteiger partial charge in [0.15, 0.2) is 17.5 Å². The second-order valence-electron chi connectivity index (χ2n) is 16.7. The molecule has 0 N–H and O–H groups in total. The predicted octanol–water partition coefficient (Wildman–Crippen LogP) is 13.8. The van der Waals surface area contributed by atoms with Gasteiger partial charge in [0, 0.05) is 38.2 Å². The molecule has 0 fully saturated rings. The Morgan fingerprint density at radius 1 is 0.411 bits per heavy atom. The summed E-state index contributed by atoms with van der Waals surface area (Å²) >= 11 is 0. The minimum absolute atomic E-state index is 0.132. The maximum atomic E-state index is 6.43.